The summed E-state index contributed by atoms with van der Waals surface area (Å²) in [5, 5.41) is 13.9. The molecule has 1 amide bonds. The Kier molecular flexibility index (Phi) is 5.12. The molecule has 1 heterocycles. The predicted molar refractivity (Wildman–Crippen MR) is 98.9 cm³/mol. The first-order valence-corrected chi connectivity index (χ1v) is 8.25. The molecule has 3 aromatic rings. The van der Waals surface area contributed by atoms with Crippen LogP contribution >= 0.6 is 0 Å². The normalized spacial score (nSPS) is 11.7. The molecule has 1 aromatic heterocycles. The first kappa shape index (κ1) is 17.4. The van der Waals surface area contributed by atoms with Crippen LogP contribution in [0.3, 0.4) is 0 Å². The Balaban J connectivity index is 1.85. The van der Waals surface area contributed by atoms with Crippen molar-refractivity contribution < 1.29 is 9.72 Å². The van der Waals surface area contributed by atoms with Gasteiger partial charge in [-0.15, -0.1) is 0 Å². The molecule has 1 atom stereocenters. The third kappa shape index (κ3) is 3.97. The average Bonchev–Trinajstić information content (AvgIpc) is 3.05. The Hall–Kier alpha value is -3.41. The van der Waals surface area contributed by atoms with Gasteiger partial charge < -0.3 is 9.88 Å². The van der Waals surface area contributed by atoms with E-state index in [1.165, 1.54) is 16.8 Å². The van der Waals surface area contributed by atoms with Gasteiger partial charge in [-0.3, -0.25) is 14.9 Å². The van der Waals surface area contributed by atoms with Crippen molar-refractivity contribution >= 4 is 11.6 Å². The number of carbonyl (C=O) groups excluding carboxylic acids is 1. The predicted octanol–water partition coefficient (Wildman–Crippen LogP) is 3.65. The van der Waals surface area contributed by atoms with Gasteiger partial charge in [0.2, 0.25) is 0 Å². The first-order chi connectivity index (χ1) is 12.5. The van der Waals surface area contributed by atoms with Crippen LogP contribution in [0.15, 0.2) is 72.9 Å². The number of amides is 1. The van der Waals surface area contributed by atoms with Crippen molar-refractivity contribution in [3.8, 4) is 0 Å². The van der Waals surface area contributed by atoms with Crippen LogP contribution in [-0.2, 0) is 13.5 Å². The lowest BCUT2D eigenvalue weighted by Crippen LogP contribution is -2.31. The Morgan fingerprint density at radius 3 is 2.31 bits per heavy atom. The SMILES string of the molecule is Cn1cc([N+](=O)[O-])cc1C(=O)NC(Cc1ccccc1)c1ccccc1. The van der Waals surface area contributed by atoms with E-state index in [-0.39, 0.29) is 23.3 Å². The second-order valence-corrected chi connectivity index (χ2v) is 6.08. The second kappa shape index (κ2) is 7.65. The highest BCUT2D eigenvalue weighted by Gasteiger charge is 2.21. The van der Waals surface area contributed by atoms with Crippen LogP contribution < -0.4 is 5.32 Å². The summed E-state index contributed by atoms with van der Waals surface area (Å²) in [5.74, 6) is -0.342. The van der Waals surface area contributed by atoms with Gasteiger partial charge >= 0.3 is 0 Å². The molecule has 0 radical (unpaired) electrons. The lowest BCUT2D eigenvalue weighted by Gasteiger charge is -2.19. The maximum atomic E-state index is 12.7. The molecule has 2 aromatic carbocycles. The summed E-state index contributed by atoms with van der Waals surface area (Å²) in [6, 6.07) is 20.6. The number of hydrogen-bond acceptors (Lipinski definition) is 3. The molecule has 26 heavy (non-hydrogen) atoms. The average molecular weight is 349 g/mol. The standard InChI is InChI=1S/C20H19N3O3/c1-22-14-17(23(25)26)13-19(22)20(24)21-18(16-10-6-3-7-11-16)12-15-8-4-2-5-9-15/h2-11,13-14,18H,12H2,1H3,(H,21,24). The van der Waals surface area contributed by atoms with E-state index in [4.69, 9.17) is 0 Å². The quantitative estimate of drug-likeness (QED) is 0.545. The number of nitrogens with zero attached hydrogens (tertiary/aromatic N) is 2. The summed E-state index contributed by atoms with van der Waals surface area (Å²) in [6.07, 6.45) is 1.97. The van der Waals surface area contributed by atoms with E-state index in [1.807, 2.05) is 60.7 Å². The van der Waals surface area contributed by atoms with Gasteiger partial charge in [0, 0.05) is 13.1 Å². The third-order valence-electron chi connectivity index (χ3n) is 4.22. The van der Waals surface area contributed by atoms with E-state index in [0.717, 1.165) is 11.1 Å². The maximum Gasteiger partial charge on any atom is 0.287 e. The summed E-state index contributed by atoms with van der Waals surface area (Å²) in [7, 11) is 1.62. The van der Waals surface area contributed by atoms with Crippen LogP contribution in [-0.4, -0.2) is 15.4 Å². The minimum Gasteiger partial charge on any atom is -0.344 e. The van der Waals surface area contributed by atoms with E-state index in [2.05, 4.69) is 5.32 Å². The summed E-state index contributed by atoms with van der Waals surface area (Å²) in [4.78, 5) is 23.2. The highest BCUT2D eigenvalue weighted by atomic mass is 16.6. The molecule has 1 unspecified atom stereocenters. The highest BCUT2D eigenvalue weighted by Crippen LogP contribution is 2.21. The molecule has 0 aliphatic carbocycles. The molecule has 0 saturated heterocycles. The molecule has 0 spiro atoms. The largest absolute Gasteiger partial charge is 0.344 e. The van der Waals surface area contributed by atoms with Gasteiger partial charge in [0.1, 0.15) is 5.69 Å². The van der Waals surface area contributed by atoms with Gasteiger partial charge in [0.05, 0.1) is 17.2 Å². The maximum absolute atomic E-state index is 12.7. The van der Waals surface area contributed by atoms with Crippen LogP contribution in [0.2, 0.25) is 0 Å². The zero-order valence-electron chi connectivity index (χ0n) is 14.3. The van der Waals surface area contributed by atoms with Crippen molar-refractivity contribution in [2.24, 2.45) is 7.05 Å². The highest BCUT2D eigenvalue weighted by molar-refractivity contribution is 5.93. The van der Waals surface area contributed by atoms with Crippen molar-refractivity contribution in [2.75, 3.05) is 0 Å². The van der Waals surface area contributed by atoms with Crippen molar-refractivity contribution in [3.05, 3.63) is 99.9 Å². The Labute approximate surface area is 151 Å². The topological polar surface area (TPSA) is 77.2 Å². The molecule has 132 valence electrons. The molecule has 0 bridgehead atoms. The van der Waals surface area contributed by atoms with Crippen molar-refractivity contribution in [2.45, 2.75) is 12.5 Å². The number of carbonyl (C=O) groups is 1. The van der Waals surface area contributed by atoms with Gasteiger partial charge in [-0.2, -0.15) is 0 Å². The third-order valence-corrected chi connectivity index (χ3v) is 4.22. The molecular formula is C20H19N3O3. The number of rotatable bonds is 6. The fraction of sp³-hybridized carbons (Fsp3) is 0.150. The Morgan fingerprint density at radius 1 is 1.12 bits per heavy atom. The number of nitro groups is 1. The number of aryl methyl sites for hydroxylation is 1. The molecule has 3 rings (SSSR count). The molecule has 6 nitrogen and oxygen atoms in total. The van der Waals surface area contributed by atoms with Crippen molar-refractivity contribution in [1.29, 1.82) is 0 Å². The molecule has 0 fully saturated rings. The molecule has 1 N–H and O–H groups in total. The van der Waals surface area contributed by atoms with Crippen LogP contribution in [0, 0.1) is 10.1 Å². The molecular weight excluding hydrogens is 330 g/mol. The van der Waals surface area contributed by atoms with Crippen LogP contribution in [0.1, 0.15) is 27.7 Å². The monoisotopic (exact) mass is 349 g/mol. The molecule has 0 saturated carbocycles. The molecule has 0 aliphatic rings. The Morgan fingerprint density at radius 2 is 1.73 bits per heavy atom. The molecule has 0 aliphatic heterocycles. The van der Waals surface area contributed by atoms with E-state index in [9.17, 15) is 14.9 Å². The van der Waals surface area contributed by atoms with Crippen LogP contribution in [0.4, 0.5) is 5.69 Å². The van der Waals surface area contributed by atoms with Crippen LogP contribution in [0.5, 0.6) is 0 Å². The molecule has 6 heteroatoms. The van der Waals surface area contributed by atoms with E-state index < -0.39 is 4.92 Å². The Bertz CT molecular complexity index is 905. The van der Waals surface area contributed by atoms with E-state index >= 15 is 0 Å². The fourth-order valence-corrected chi connectivity index (χ4v) is 2.89. The van der Waals surface area contributed by atoms with E-state index in [1.54, 1.807) is 7.05 Å². The minimum absolute atomic E-state index is 0.100. The van der Waals surface area contributed by atoms with Gasteiger partial charge in [-0.1, -0.05) is 60.7 Å². The summed E-state index contributed by atoms with van der Waals surface area (Å²) in [6.45, 7) is 0. The summed E-state index contributed by atoms with van der Waals surface area (Å²) < 4.78 is 1.47. The lowest BCUT2D eigenvalue weighted by atomic mass is 9.98. The fourth-order valence-electron chi connectivity index (χ4n) is 2.89. The van der Waals surface area contributed by atoms with E-state index in [0.29, 0.717) is 6.42 Å². The van der Waals surface area contributed by atoms with Gasteiger partial charge in [0.15, 0.2) is 0 Å². The van der Waals surface area contributed by atoms with Gasteiger partial charge in [0.25, 0.3) is 11.6 Å². The smallest absolute Gasteiger partial charge is 0.287 e. The van der Waals surface area contributed by atoms with Crippen LogP contribution in [0.25, 0.3) is 0 Å². The minimum atomic E-state index is -0.505. The number of benzene rings is 2. The number of nitrogens with one attached hydrogen (secondary N) is 1. The van der Waals surface area contributed by atoms with Gasteiger partial charge in [-0.05, 0) is 17.5 Å². The lowest BCUT2D eigenvalue weighted by molar-refractivity contribution is -0.384. The first-order valence-electron chi connectivity index (χ1n) is 8.25. The zero-order valence-corrected chi connectivity index (χ0v) is 14.3. The zero-order chi connectivity index (χ0) is 18.5. The van der Waals surface area contributed by atoms with Crippen molar-refractivity contribution in [1.82, 2.24) is 9.88 Å². The van der Waals surface area contributed by atoms with Gasteiger partial charge in [-0.25, -0.2) is 0 Å². The second-order valence-electron chi connectivity index (χ2n) is 6.08. The number of aromatic nitrogens is 1. The number of hydrogen-bond donors (Lipinski definition) is 1. The summed E-state index contributed by atoms with van der Waals surface area (Å²) in [5.41, 5.74) is 2.23. The van der Waals surface area contributed by atoms with Crippen molar-refractivity contribution in [3.63, 3.8) is 0 Å². The summed E-state index contributed by atoms with van der Waals surface area (Å²) >= 11 is 0.